The summed E-state index contributed by atoms with van der Waals surface area (Å²) in [6.07, 6.45) is 3.01. The van der Waals surface area contributed by atoms with Gasteiger partial charge in [0.1, 0.15) is 0 Å². The number of hydrogen-bond donors (Lipinski definition) is 2. The lowest BCUT2D eigenvalue weighted by Gasteiger charge is -1.99. The molecule has 0 saturated carbocycles. The van der Waals surface area contributed by atoms with Crippen molar-refractivity contribution in [3.63, 3.8) is 0 Å². The summed E-state index contributed by atoms with van der Waals surface area (Å²) in [5.74, 6) is -0.181. The van der Waals surface area contributed by atoms with Crippen LogP contribution in [0.25, 0.3) is 0 Å². The molecular formula is C7H12N2O. The van der Waals surface area contributed by atoms with Crippen molar-refractivity contribution in [3.05, 3.63) is 24.4 Å². The van der Waals surface area contributed by atoms with E-state index >= 15 is 0 Å². The van der Waals surface area contributed by atoms with Gasteiger partial charge < -0.3 is 11.1 Å². The van der Waals surface area contributed by atoms with E-state index in [1.807, 2.05) is 0 Å². The van der Waals surface area contributed by atoms with Gasteiger partial charge in [0, 0.05) is 12.1 Å². The van der Waals surface area contributed by atoms with Gasteiger partial charge in [0.2, 0.25) is 0 Å². The van der Waals surface area contributed by atoms with Gasteiger partial charge >= 0.3 is 0 Å². The standard InChI is InChI=1S/C7H12N2O/c1-3-6(5-8)7(10)9-4-2/h3-4H,2,5,8H2,1H3,(H,9,10)/b6-3-. The zero-order valence-corrected chi connectivity index (χ0v) is 6.05. The number of carbonyl (C=O) groups excluding carboxylic acids is 1. The Morgan fingerprint density at radius 1 is 1.80 bits per heavy atom. The van der Waals surface area contributed by atoms with E-state index in [-0.39, 0.29) is 12.5 Å². The molecule has 0 radical (unpaired) electrons. The van der Waals surface area contributed by atoms with E-state index in [2.05, 4.69) is 11.9 Å². The number of rotatable bonds is 3. The third-order valence-corrected chi connectivity index (χ3v) is 1.09. The molecule has 0 atom stereocenters. The summed E-state index contributed by atoms with van der Waals surface area (Å²) in [6, 6.07) is 0. The number of hydrogen-bond acceptors (Lipinski definition) is 2. The van der Waals surface area contributed by atoms with E-state index in [1.54, 1.807) is 13.0 Å². The monoisotopic (exact) mass is 140 g/mol. The first-order valence-electron chi connectivity index (χ1n) is 3.03. The third-order valence-electron chi connectivity index (χ3n) is 1.09. The highest BCUT2D eigenvalue weighted by Crippen LogP contribution is 1.89. The van der Waals surface area contributed by atoms with Crippen LogP contribution in [0.15, 0.2) is 24.4 Å². The maximum absolute atomic E-state index is 10.9. The molecule has 10 heavy (non-hydrogen) atoms. The second kappa shape index (κ2) is 4.76. The van der Waals surface area contributed by atoms with Crippen LogP contribution in [0.2, 0.25) is 0 Å². The average molecular weight is 140 g/mol. The van der Waals surface area contributed by atoms with Gasteiger partial charge in [-0.15, -0.1) is 0 Å². The molecule has 3 nitrogen and oxygen atoms in total. The van der Waals surface area contributed by atoms with Gasteiger partial charge in [-0.1, -0.05) is 12.7 Å². The van der Waals surface area contributed by atoms with Crippen molar-refractivity contribution >= 4 is 5.91 Å². The molecule has 0 unspecified atom stereocenters. The van der Waals surface area contributed by atoms with Gasteiger partial charge in [-0.3, -0.25) is 4.79 Å². The minimum atomic E-state index is -0.181. The van der Waals surface area contributed by atoms with Gasteiger partial charge in [-0.2, -0.15) is 0 Å². The minimum absolute atomic E-state index is 0.181. The van der Waals surface area contributed by atoms with Crippen LogP contribution in [0.5, 0.6) is 0 Å². The fourth-order valence-corrected chi connectivity index (χ4v) is 0.527. The Morgan fingerprint density at radius 2 is 2.40 bits per heavy atom. The van der Waals surface area contributed by atoms with E-state index in [0.717, 1.165) is 0 Å². The van der Waals surface area contributed by atoms with Crippen LogP contribution in [0.4, 0.5) is 0 Å². The van der Waals surface area contributed by atoms with Gasteiger partial charge in [-0.05, 0) is 13.1 Å². The summed E-state index contributed by atoms with van der Waals surface area (Å²) >= 11 is 0. The van der Waals surface area contributed by atoms with Gasteiger partial charge in [-0.25, -0.2) is 0 Å². The second-order valence-corrected chi connectivity index (χ2v) is 1.70. The second-order valence-electron chi connectivity index (χ2n) is 1.70. The molecule has 0 aromatic rings. The van der Waals surface area contributed by atoms with Crippen molar-refractivity contribution in [2.45, 2.75) is 6.92 Å². The Balaban J connectivity index is 4.03. The quantitative estimate of drug-likeness (QED) is 0.548. The molecule has 0 rings (SSSR count). The first-order valence-corrected chi connectivity index (χ1v) is 3.03. The van der Waals surface area contributed by atoms with Crippen molar-refractivity contribution < 1.29 is 4.79 Å². The number of amides is 1. The van der Waals surface area contributed by atoms with Crippen molar-refractivity contribution in [1.29, 1.82) is 0 Å². The number of allylic oxidation sites excluding steroid dienone is 1. The normalized spacial score (nSPS) is 10.8. The van der Waals surface area contributed by atoms with Crippen LogP contribution in [0, 0.1) is 0 Å². The summed E-state index contributed by atoms with van der Waals surface area (Å²) < 4.78 is 0. The largest absolute Gasteiger partial charge is 0.329 e. The Morgan fingerprint density at radius 3 is 2.70 bits per heavy atom. The van der Waals surface area contributed by atoms with E-state index in [9.17, 15) is 4.79 Å². The number of carbonyl (C=O) groups is 1. The van der Waals surface area contributed by atoms with Crippen LogP contribution < -0.4 is 11.1 Å². The zero-order chi connectivity index (χ0) is 7.98. The minimum Gasteiger partial charge on any atom is -0.329 e. The van der Waals surface area contributed by atoms with E-state index in [1.165, 1.54) is 6.20 Å². The summed E-state index contributed by atoms with van der Waals surface area (Å²) in [5, 5.41) is 2.42. The molecule has 0 fully saturated rings. The molecule has 0 spiro atoms. The SMILES string of the molecule is C=CNC(=O)/C(=C\C)CN. The summed E-state index contributed by atoms with van der Waals surface area (Å²) in [4.78, 5) is 10.9. The van der Waals surface area contributed by atoms with Gasteiger partial charge in [0.25, 0.3) is 5.91 Å². The molecule has 0 aliphatic heterocycles. The molecule has 0 aromatic carbocycles. The fraction of sp³-hybridized carbons (Fsp3) is 0.286. The molecule has 0 aliphatic rings. The highest BCUT2D eigenvalue weighted by Gasteiger charge is 2.01. The zero-order valence-electron chi connectivity index (χ0n) is 6.05. The van der Waals surface area contributed by atoms with Crippen LogP contribution in [-0.2, 0) is 4.79 Å². The molecule has 3 N–H and O–H groups in total. The van der Waals surface area contributed by atoms with Crippen LogP contribution in [0.3, 0.4) is 0 Å². The molecule has 1 amide bonds. The summed E-state index contributed by atoms with van der Waals surface area (Å²) in [7, 11) is 0. The Labute approximate surface area is 60.6 Å². The molecule has 0 heterocycles. The van der Waals surface area contributed by atoms with Crippen molar-refractivity contribution in [1.82, 2.24) is 5.32 Å². The number of nitrogens with two attached hydrogens (primary N) is 1. The van der Waals surface area contributed by atoms with Gasteiger partial charge in [0.15, 0.2) is 0 Å². The lowest BCUT2D eigenvalue weighted by atomic mass is 10.2. The molecule has 0 bridgehead atoms. The lowest BCUT2D eigenvalue weighted by Crippen LogP contribution is -2.23. The average Bonchev–Trinajstić information content (AvgIpc) is 1.91. The Kier molecular flexibility index (Phi) is 4.24. The van der Waals surface area contributed by atoms with Gasteiger partial charge in [0.05, 0.1) is 0 Å². The molecular weight excluding hydrogens is 128 g/mol. The highest BCUT2D eigenvalue weighted by molar-refractivity contribution is 5.94. The summed E-state index contributed by atoms with van der Waals surface area (Å²) in [6.45, 7) is 5.38. The third kappa shape index (κ3) is 2.46. The van der Waals surface area contributed by atoms with Crippen molar-refractivity contribution in [2.24, 2.45) is 5.73 Å². The summed E-state index contributed by atoms with van der Waals surface area (Å²) in [5.41, 5.74) is 5.82. The van der Waals surface area contributed by atoms with Crippen molar-refractivity contribution in [3.8, 4) is 0 Å². The smallest absolute Gasteiger partial charge is 0.252 e. The predicted molar refractivity (Wildman–Crippen MR) is 41.2 cm³/mol. The maximum atomic E-state index is 10.9. The first kappa shape index (κ1) is 8.91. The molecule has 56 valence electrons. The topological polar surface area (TPSA) is 55.1 Å². The number of nitrogens with one attached hydrogen (secondary N) is 1. The maximum Gasteiger partial charge on any atom is 0.252 e. The van der Waals surface area contributed by atoms with E-state index in [4.69, 9.17) is 5.73 Å². The predicted octanol–water partition coefficient (Wildman–Crippen LogP) is 0.151. The van der Waals surface area contributed by atoms with E-state index in [0.29, 0.717) is 5.57 Å². The van der Waals surface area contributed by atoms with Crippen LogP contribution >= 0.6 is 0 Å². The fourth-order valence-electron chi connectivity index (χ4n) is 0.527. The highest BCUT2D eigenvalue weighted by atomic mass is 16.1. The molecule has 0 saturated heterocycles. The van der Waals surface area contributed by atoms with E-state index < -0.39 is 0 Å². The van der Waals surface area contributed by atoms with Crippen LogP contribution in [-0.4, -0.2) is 12.5 Å². The van der Waals surface area contributed by atoms with Crippen molar-refractivity contribution in [2.75, 3.05) is 6.54 Å². The van der Waals surface area contributed by atoms with Crippen LogP contribution in [0.1, 0.15) is 6.92 Å². The lowest BCUT2D eigenvalue weighted by molar-refractivity contribution is -0.116. The Hall–Kier alpha value is -1.09. The molecule has 0 aromatic heterocycles. The first-order chi connectivity index (χ1) is 4.76. The molecule has 3 heteroatoms. The Bertz CT molecular complexity index is 161. The molecule has 0 aliphatic carbocycles.